The summed E-state index contributed by atoms with van der Waals surface area (Å²) in [7, 11) is 4.03. The van der Waals surface area contributed by atoms with Gasteiger partial charge in [0.05, 0.1) is 14.1 Å². The predicted molar refractivity (Wildman–Crippen MR) is 84.7 cm³/mol. The van der Waals surface area contributed by atoms with Crippen molar-refractivity contribution in [2.75, 3.05) is 0 Å². The van der Waals surface area contributed by atoms with E-state index in [1.165, 1.54) is 0 Å². The fourth-order valence-corrected chi connectivity index (χ4v) is 2.42. The normalized spacial score (nSPS) is 11.4. The van der Waals surface area contributed by atoms with Crippen LogP contribution in [0.15, 0.2) is 53.2 Å². The number of rotatable bonds is 3. The van der Waals surface area contributed by atoms with Crippen molar-refractivity contribution in [2.45, 2.75) is 0 Å². The van der Waals surface area contributed by atoms with Crippen LogP contribution in [0.25, 0.3) is 23.5 Å². The molecule has 3 nitrogen and oxygen atoms in total. The molecule has 0 aliphatic rings. The van der Waals surface area contributed by atoms with Crippen molar-refractivity contribution >= 4 is 23.8 Å². The van der Waals surface area contributed by atoms with Gasteiger partial charge in [-0.25, -0.2) is 9.13 Å². The van der Waals surface area contributed by atoms with Gasteiger partial charge in [0.2, 0.25) is 0 Å². The van der Waals surface area contributed by atoms with Gasteiger partial charge in [0, 0.05) is 16.7 Å². The van der Waals surface area contributed by atoms with Crippen molar-refractivity contribution in [2.24, 2.45) is 14.1 Å². The summed E-state index contributed by atoms with van der Waals surface area (Å²) < 4.78 is 9.94. The second-order valence-corrected chi connectivity index (χ2v) is 5.36. The molecule has 0 amide bonds. The van der Waals surface area contributed by atoms with Crippen molar-refractivity contribution in [1.29, 1.82) is 0 Å². The Hall–Kier alpha value is -2.26. The zero-order valence-corrected chi connectivity index (χ0v) is 12.7. The molecule has 2 heterocycles. The van der Waals surface area contributed by atoms with Crippen LogP contribution in [0, 0.1) is 0 Å². The summed E-state index contributed by atoms with van der Waals surface area (Å²) in [5, 5.41) is 0.705. The SMILES string of the molecule is Cn1cc[n+](C)c1/C=C/c1ccc(-c2cccc(Cl)c2)o1. The van der Waals surface area contributed by atoms with Crippen LogP contribution < -0.4 is 4.57 Å². The molecule has 0 N–H and O–H groups in total. The minimum absolute atomic E-state index is 0.705. The van der Waals surface area contributed by atoms with E-state index in [9.17, 15) is 0 Å². The van der Waals surface area contributed by atoms with Crippen molar-refractivity contribution in [3.05, 3.63) is 65.4 Å². The Bertz CT molecular complexity index is 779. The van der Waals surface area contributed by atoms with Crippen molar-refractivity contribution in [3.63, 3.8) is 0 Å². The minimum Gasteiger partial charge on any atom is -0.457 e. The van der Waals surface area contributed by atoms with Crippen molar-refractivity contribution in [3.8, 4) is 11.3 Å². The van der Waals surface area contributed by atoms with E-state index in [2.05, 4.69) is 9.13 Å². The second kappa shape index (κ2) is 5.62. The van der Waals surface area contributed by atoms with Crippen LogP contribution in [-0.2, 0) is 14.1 Å². The standard InChI is InChI=1S/C17H16ClN2O/c1-19-10-11-20(2)17(19)9-7-15-6-8-16(21-15)13-4-3-5-14(18)12-13/h3-12H,1-2H3/q+1/b9-7+. The van der Waals surface area contributed by atoms with Gasteiger partial charge in [0.15, 0.2) is 0 Å². The van der Waals surface area contributed by atoms with Crippen LogP contribution in [0.3, 0.4) is 0 Å². The molecule has 0 radical (unpaired) electrons. The summed E-state index contributed by atoms with van der Waals surface area (Å²) in [6, 6.07) is 11.6. The lowest BCUT2D eigenvalue weighted by molar-refractivity contribution is -0.672. The highest BCUT2D eigenvalue weighted by molar-refractivity contribution is 6.30. The molecular formula is C17H16ClN2O+. The van der Waals surface area contributed by atoms with E-state index < -0.39 is 0 Å². The number of hydrogen-bond acceptors (Lipinski definition) is 1. The highest BCUT2D eigenvalue weighted by Crippen LogP contribution is 2.25. The largest absolute Gasteiger partial charge is 0.457 e. The number of benzene rings is 1. The third-order valence-electron chi connectivity index (χ3n) is 3.37. The van der Waals surface area contributed by atoms with Gasteiger partial charge >= 0.3 is 0 Å². The Morgan fingerprint density at radius 1 is 1.19 bits per heavy atom. The molecule has 1 aromatic carbocycles. The third-order valence-corrected chi connectivity index (χ3v) is 3.60. The molecule has 3 aromatic rings. The number of imidazole rings is 1. The Balaban J connectivity index is 1.86. The monoisotopic (exact) mass is 299 g/mol. The predicted octanol–water partition coefficient (Wildman–Crippen LogP) is 3.93. The Kier molecular flexibility index (Phi) is 3.67. The molecule has 3 rings (SSSR count). The fourth-order valence-electron chi connectivity index (χ4n) is 2.23. The second-order valence-electron chi connectivity index (χ2n) is 4.92. The van der Waals surface area contributed by atoms with Gasteiger partial charge in [-0.2, -0.15) is 0 Å². The van der Waals surface area contributed by atoms with E-state index in [1.807, 2.05) is 75.0 Å². The van der Waals surface area contributed by atoms with Gasteiger partial charge in [-0.1, -0.05) is 23.7 Å². The molecule has 0 aliphatic carbocycles. The number of aromatic nitrogens is 2. The molecule has 4 heteroatoms. The van der Waals surface area contributed by atoms with Gasteiger partial charge < -0.3 is 4.42 Å². The maximum absolute atomic E-state index is 6.00. The van der Waals surface area contributed by atoms with Crippen molar-refractivity contribution < 1.29 is 8.98 Å². The van der Waals surface area contributed by atoms with Crippen LogP contribution in [-0.4, -0.2) is 4.57 Å². The average molecular weight is 300 g/mol. The first kappa shape index (κ1) is 13.7. The number of halogens is 1. The summed E-state index contributed by atoms with van der Waals surface area (Å²) in [6.45, 7) is 0. The lowest BCUT2D eigenvalue weighted by atomic mass is 10.2. The van der Waals surface area contributed by atoms with Crippen LogP contribution >= 0.6 is 11.6 Å². The lowest BCUT2D eigenvalue weighted by Gasteiger charge is -1.96. The molecule has 0 spiro atoms. The van der Waals surface area contributed by atoms with Crippen LogP contribution in [0.4, 0.5) is 0 Å². The van der Waals surface area contributed by atoms with Gasteiger partial charge in [0.25, 0.3) is 5.82 Å². The third kappa shape index (κ3) is 2.93. The first-order valence-corrected chi connectivity index (χ1v) is 7.06. The summed E-state index contributed by atoms with van der Waals surface area (Å²) >= 11 is 6.00. The summed E-state index contributed by atoms with van der Waals surface area (Å²) in [4.78, 5) is 0. The maximum atomic E-state index is 6.00. The average Bonchev–Trinajstić information content (AvgIpc) is 3.05. The molecule has 2 aromatic heterocycles. The molecule has 21 heavy (non-hydrogen) atoms. The highest BCUT2D eigenvalue weighted by Gasteiger charge is 2.08. The zero-order valence-electron chi connectivity index (χ0n) is 12.0. The molecule has 0 fully saturated rings. The van der Waals surface area contributed by atoms with E-state index >= 15 is 0 Å². The van der Waals surface area contributed by atoms with Crippen LogP contribution in [0.2, 0.25) is 5.02 Å². The summed E-state index contributed by atoms with van der Waals surface area (Å²) in [5.74, 6) is 2.72. The summed E-state index contributed by atoms with van der Waals surface area (Å²) in [6.07, 6.45) is 8.02. The minimum atomic E-state index is 0.705. The van der Waals surface area contributed by atoms with E-state index in [4.69, 9.17) is 16.0 Å². The zero-order chi connectivity index (χ0) is 14.8. The number of nitrogens with zero attached hydrogens (tertiary/aromatic N) is 2. The first-order valence-electron chi connectivity index (χ1n) is 6.68. The van der Waals surface area contributed by atoms with E-state index in [0.29, 0.717) is 5.02 Å². The lowest BCUT2D eigenvalue weighted by Crippen LogP contribution is -2.29. The number of aryl methyl sites for hydroxylation is 2. The molecule has 0 atom stereocenters. The Morgan fingerprint density at radius 2 is 2.05 bits per heavy atom. The van der Waals surface area contributed by atoms with Crippen LogP contribution in [0.5, 0.6) is 0 Å². The van der Waals surface area contributed by atoms with Gasteiger partial charge in [-0.3, -0.25) is 0 Å². The highest BCUT2D eigenvalue weighted by atomic mass is 35.5. The quantitative estimate of drug-likeness (QED) is 0.672. The molecule has 0 unspecified atom stereocenters. The Morgan fingerprint density at radius 3 is 2.76 bits per heavy atom. The Labute approximate surface area is 128 Å². The fraction of sp³-hybridized carbons (Fsp3) is 0.118. The van der Waals surface area contributed by atoms with Gasteiger partial charge in [0.1, 0.15) is 23.9 Å². The van der Waals surface area contributed by atoms with Crippen molar-refractivity contribution in [1.82, 2.24) is 4.57 Å². The van der Waals surface area contributed by atoms with Crippen LogP contribution in [0.1, 0.15) is 11.6 Å². The molecular weight excluding hydrogens is 284 g/mol. The molecule has 0 saturated heterocycles. The van der Waals surface area contributed by atoms with E-state index in [1.54, 1.807) is 0 Å². The topological polar surface area (TPSA) is 21.9 Å². The smallest absolute Gasteiger partial charge is 0.281 e. The summed E-state index contributed by atoms with van der Waals surface area (Å²) in [5.41, 5.74) is 0.978. The number of furan rings is 1. The molecule has 0 bridgehead atoms. The maximum Gasteiger partial charge on any atom is 0.281 e. The molecule has 0 aliphatic heterocycles. The van der Waals surface area contributed by atoms with Gasteiger partial charge in [-0.15, -0.1) is 0 Å². The number of hydrogen-bond donors (Lipinski definition) is 0. The van der Waals surface area contributed by atoms with E-state index in [0.717, 1.165) is 22.9 Å². The molecule has 106 valence electrons. The van der Waals surface area contributed by atoms with Gasteiger partial charge in [-0.05, 0) is 30.3 Å². The van der Waals surface area contributed by atoms with E-state index in [-0.39, 0.29) is 0 Å². The first-order chi connectivity index (χ1) is 10.1. The molecule has 0 saturated carbocycles.